The fourth-order valence-electron chi connectivity index (χ4n) is 2.54. The number of hydrogen-bond donors (Lipinski definition) is 1. The number of halogens is 3. The van der Waals surface area contributed by atoms with Crippen molar-refractivity contribution in [2.45, 2.75) is 12.3 Å². The molecule has 0 spiro atoms. The van der Waals surface area contributed by atoms with Gasteiger partial charge in [0.15, 0.2) is 0 Å². The van der Waals surface area contributed by atoms with E-state index in [1.54, 1.807) is 24.3 Å². The van der Waals surface area contributed by atoms with Crippen molar-refractivity contribution >= 4 is 16.7 Å². The van der Waals surface area contributed by atoms with Crippen LogP contribution in [0.1, 0.15) is 5.82 Å². The van der Waals surface area contributed by atoms with Gasteiger partial charge in [0.25, 0.3) is 0 Å². The molecule has 0 bridgehead atoms. The Labute approximate surface area is 131 Å². The highest BCUT2D eigenvalue weighted by atomic mass is 19.4. The Kier molecular flexibility index (Phi) is 4.36. The maximum absolute atomic E-state index is 13.0. The zero-order chi connectivity index (χ0) is 16.4. The Morgan fingerprint density at radius 3 is 2.83 bits per heavy atom. The summed E-state index contributed by atoms with van der Waals surface area (Å²) >= 11 is 0. The summed E-state index contributed by atoms with van der Waals surface area (Å²) in [5, 5.41) is 3.55. The molecule has 0 aliphatic carbocycles. The third-order valence-corrected chi connectivity index (χ3v) is 3.70. The summed E-state index contributed by atoms with van der Waals surface area (Å²) in [6, 6.07) is 6.64. The van der Waals surface area contributed by atoms with E-state index < -0.39 is 12.0 Å². The number of rotatable bonds is 3. The summed E-state index contributed by atoms with van der Waals surface area (Å²) in [6.45, 7) is 2.58. The van der Waals surface area contributed by atoms with Crippen LogP contribution in [0.4, 0.5) is 19.0 Å². The number of nitrogens with zero attached hydrogens (tertiary/aromatic N) is 3. The quantitative estimate of drug-likeness (QED) is 0.939. The topological polar surface area (TPSA) is 50.3 Å². The van der Waals surface area contributed by atoms with E-state index in [-0.39, 0.29) is 17.4 Å². The predicted molar refractivity (Wildman–Crippen MR) is 80.3 cm³/mol. The summed E-state index contributed by atoms with van der Waals surface area (Å²) in [6.07, 6.45) is -4.67. The van der Waals surface area contributed by atoms with Crippen molar-refractivity contribution in [3.8, 4) is 0 Å². The predicted octanol–water partition coefficient (Wildman–Crippen LogP) is 2.39. The molecule has 23 heavy (non-hydrogen) atoms. The first-order chi connectivity index (χ1) is 10.9. The highest BCUT2D eigenvalue weighted by molar-refractivity contribution is 5.89. The Hall–Kier alpha value is -1.93. The molecule has 5 nitrogen and oxygen atoms in total. The van der Waals surface area contributed by atoms with Crippen LogP contribution in [0.5, 0.6) is 0 Å². The Balaban J connectivity index is 1.86. The van der Waals surface area contributed by atoms with Crippen molar-refractivity contribution in [2.75, 3.05) is 38.6 Å². The zero-order valence-electron chi connectivity index (χ0n) is 12.6. The van der Waals surface area contributed by atoms with E-state index in [0.717, 1.165) is 13.1 Å². The van der Waals surface area contributed by atoms with Crippen molar-refractivity contribution in [1.29, 1.82) is 0 Å². The van der Waals surface area contributed by atoms with Gasteiger partial charge in [-0.2, -0.15) is 13.2 Å². The Morgan fingerprint density at radius 2 is 2.09 bits per heavy atom. The number of likely N-dealkylation sites (N-methyl/N-ethyl adjacent to an activating group) is 1. The van der Waals surface area contributed by atoms with E-state index in [4.69, 9.17) is 4.74 Å². The van der Waals surface area contributed by atoms with Gasteiger partial charge in [0, 0.05) is 25.0 Å². The normalized spacial score (nSPS) is 19.9. The van der Waals surface area contributed by atoms with Gasteiger partial charge in [-0.1, -0.05) is 12.1 Å². The SMILES string of the molecule is CN1CCO[C@@H](CNc2nc(C(F)(F)F)nc3ccccc23)C1. The first kappa shape index (κ1) is 15.9. The third-order valence-electron chi connectivity index (χ3n) is 3.70. The number of para-hydroxylation sites is 1. The van der Waals surface area contributed by atoms with E-state index in [0.29, 0.717) is 18.5 Å². The van der Waals surface area contributed by atoms with Crippen LogP contribution < -0.4 is 5.32 Å². The van der Waals surface area contributed by atoms with Crippen LogP contribution in [-0.2, 0) is 10.9 Å². The number of morpholine rings is 1. The molecule has 1 atom stereocenters. The van der Waals surface area contributed by atoms with Crippen LogP contribution in [0, 0.1) is 0 Å². The van der Waals surface area contributed by atoms with E-state index in [1.807, 2.05) is 7.05 Å². The Morgan fingerprint density at radius 1 is 1.30 bits per heavy atom. The van der Waals surface area contributed by atoms with Crippen molar-refractivity contribution in [3.63, 3.8) is 0 Å². The van der Waals surface area contributed by atoms with Crippen LogP contribution in [0.2, 0.25) is 0 Å². The van der Waals surface area contributed by atoms with Gasteiger partial charge in [-0.3, -0.25) is 0 Å². The molecule has 1 aliphatic rings. The molecule has 0 amide bonds. The number of anilines is 1. The minimum absolute atomic E-state index is 0.0863. The molecular weight excluding hydrogens is 309 g/mol. The largest absolute Gasteiger partial charge is 0.451 e. The highest BCUT2D eigenvalue weighted by Crippen LogP contribution is 2.30. The second-order valence-corrected chi connectivity index (χ2v) is 5.55. The number of hydrogen-bond acceptors (Lipinski definition) is 5. The van der Waals surface area contributed by atoms with Crippen LogP contribution in [0.25, 0.3) is 10.9 Å². The zero-order valence-corrected chi connectivity index (χ0v) is 12.6. The van der Waals surface area contributed by atoms with E-state index >= 15 is 0 Å². The minimum atomic E-state index is -4.58. The number of nitrogens with one attached hydrogen (secondary N) is 1. The Bertz CT molecular complexity index is 692. The molecule has 1 saturated heterocycles. The molecular formula is C15H17F3N4O. The van der Waals surface area contributed by atoms with Gasteiger partial charge in [0.2, 0.25) is 5.82 Å². The summed E-state index contributed by atoms with van der Waals surface area (Å²) in [7, 11) is 1.98. The second kappa shape index (κ2) is 6.29. The second-order valence-electron chi connectivity index (χ2n) is 5.55. The molecule has 2 aromatic rings. The smallest absolute Gasteiger partial charge is 0.374 e. The molecule has 124 valence electrons. The van der Waals surface area contributed by atoms with Gasteiger partial charge < -0.3 is 15.0 Å². The number of aromatic nitrogens is 2. The average molecular weight is 326 g/mol. The van der Waals surface area contributed by atoms with Crippen molar-refractivity contribution in [3.05, 3.63) is 30.1 Å². The molecule has 1 aromatic heterocycles. The lowest BCUT2D eigenvalue weighted by Gasteiger charge is -2.30. The molecule has 1 aliphatic heterocycles. The van der Waals surface area contributed by atoms with Gasteiger partial charge >= 0.3 is 6.18 Å². The fourth-order valence-corrected chi connectivity index (χ4v) is 2.54. The lowest BCUT2D eigenvalue weighted by molar-refractivity contribution is -0.144. The van der Waals surface area contributed by atoms with E-state index in [1.165, 1.54) is 0 Å². The van der Waals surface area contributed by atoms with Crippen LogP contribution >= 0.6 is 0 Å². The third kappa shape index (κ3) is 3.70. The lowest BCUT2D eigenvalue weighted by atomic mass is 10.2. The summed E-state index contributed by atoms with van der Waals surface area (Å²) in [5.74, 6) is -0.958. The molecule has 1 fully saturated rings. The van der Waals surface area contributed by atoms with E-state index in [2.05, 4.69) is 20.2 Å². The molecule has 1 N–H and O–H groups in total. The highest BCUT2D eigenvalue weighted by Gasteiger charge is 2.35. The van der Waals surface area contributed by atoms with Gasteiger partial charge in [-0.05, 0) is 19.2 Å². The number of alkyl halides is 3. The maximum atomic E-state index is 13.0. The van der Waals surface area contributed by atoms with Crippen LogP contribution in [-0.4, -0.2) is 54.3 Å². The monoisotopic (exact) mass is 326 g/mol. The van der Waals surface area contributed by atoms with Crippen LogP contribution in [0.15, 0.2) is 24.3 Å². The molecule has 0 radical (unpaired) electrons. The van der Waals surface area contributed by atoms with E-state index in [9.17, 15) is 13.2 Å². The lowest BCUT2D eigenvalue weighted by Crippen LogP contribution is -2.43. The average Bonchev–Trinajstić information content (AvgIpc) is 2.51. The standard InChI is InChI=1S/C15H17F3N4O/c1-22-6-7-23-10(9-22)8-19-13-11-4-2-3-5-12(11)20-14(21-13)15(16,17)18/h2-5,10H,6-9H2,1H3,(H,19,20,21)/t10-/m0/s1. The first-order valence-corrected chi connectivity index (χ1v) is 7.31. The van der Waals surface area contributed by atoms with Gasteiger partial charge in [-0.25, -0.2) is 9.97 Å². The van der Waals surface area contributed by atoms with Gasteiger partial charge in [0.05, 0.1) is 18.2 Å². The van der Waals surface area contributed by atoms with Crippen molar-refractivity contribution < 1.29 is 17.9 Å². The molecule has 3 rings (SSSR count). The first-order valence-electron chi connectivity index (χ1n) is 7.31. The van der Waals surface area contributed by atoms with Gasteiger partial charge in [-0.15, -0.1) is 0 Å². The van der Waals surface area contributed by atoms with Crippen molar-refractivity contribution in [2.24, 2.45) is 0 Å². The van der Waals surface area contributed by atoms with Gasteiger partial charge in [0.1, 0.15) is 5.82 Å². The number of fused-ring (bicyclic) bond motifs is 1. The molecule has 2 heterocycles. The number of benzene rings is 1. The minimum Gasteiger partial charge on any atom is -0.374 e. The fraction of sp³-hybridized carbons (Fsp3) is 0.467. The summed E-state index contributed by atoms with van der Waals surface area (Å²) in [4.78, 5) is 9.38. The van der Waals surface area contributed by atoms with Crippen LogP contribution in [0.3, 0.4) is 0 Å². The molecule has 0 unspecified atom stereocenters. The maximum Gasteiger partial charge on any atom is 0.451 e. The summed E-state index contributed by atoms with van der Waals surface area (Å²) < 4.78 is 44.5. The molecule has 0 saturated carbocycles. The molecule has 1 aromatic carbocycles. The summed E-state index contributed by atoms with van der Waals surface area (Å²) in [5.41, 5.74) is 0.263. The number of ether oxygens (including phenoxy) is 1. The molecule has 8 heteroatoms. The van der Waals surface area contributed by atoms with Crippen molar-refractivity contribution in [1.82, 2.24) is 14.9 Å².